The Morgan fingerprint density at radius 2 is 2.22 bits per heavy atom. The van der Waals surface area contributed by atoms with Gasteiger partial charge in [0.25, 0.3) is 0 Å². The summed E-state index contributed by atoms with van der Waals surface area (Å²) in [6.45, 7) is 0. The summed E-state index contributed by atoms with van der Waals surface area (Å²) in [7, 11) is 0. The molecular weight excluding hydrogens is 140 g/mol. The maximum Gasteiger partial charge on any atom is 0.144 e. The molecule has 0 aromatic heterocycles. The number of carbonyl (C=O) groups is 2. The summed E-state index contributed by atoms with van der Waals surface area (Å²) in [5.41, 5.74) is 0. The van der Waals surface area contributed by atoms with Crippen LogP contribution in [0.4, 0.5) is 0 Å². The van der Waals surface area contributed by atoms with Gasteiger partial charge in [-0.25, -0.2) is 0 Å². The molecule has 1 unspecified atom stereocenters. The number of halogens is 1. The Labute approximate surface area is 58.2 Å². The fraction of sp³-hybridized carbons (Fsp3) is 0.667. The third-order valence-electron chi connectivity index (χ3n) is 1.49. The standard InChI is InChI=1S/C6H7ClO2/c7-3-4-1-5(8)2-6(4)9/h4H,1-3H2. The monoisotopic (exact) mass is 146 g/mol. The largest absolute Gasteiger partial charge is 0.299 e. The number of ketones is 2. The lowest BCUT2D eigenvalue weighted by molar-refractivity contribution is -0.122. The zero-order chi connectivity index (χ0) is 6.85. The molecule has 50 valence electrons. The highest BCUT2D eigenvalue weighted by Crippen LogP contribution is 2.18. The summed E-state index contributed by atoms with van der Waals surface area (Å²) in [5.74, 6) is 0.157. The van der Waals surface area contributed by atoms with E-state index < -0.39 is 0 Å². The predicted molar refractivity (Wildman–Crippen MR) is 33.5 cm³/mol. The molecule has 1 saturated carbocycles. The Morgan fingerprint density at radius 3 is 2.44 bits per heavy atom. The maximum atomic E-state index is 10.7. The van der Waals surface area contributed by atoms with Crippen LogP contribution in [0.2, 0.25) is 0 Å². The van der Waals surface area contributed by atoms with Gasteiger partial charge in [-0.3, -0.25) is 9.59 Å². The van der Waals surface area contributed by atoms with Crippen LogP contribution in [-0.4, -0.2) is 17.4 Å². The van der Waals surface area contributed by atoms with Gasteiger partial charge in [-0.2, -0.15) is 0 Å². The molecule has 0 aliphatic heterocycles. The molecule has 0 bridgehead atoms. The molecule has 0 heterocycles. The number of rotatable bonds is 1. The van der Waals surface area contributed by atoms with Gasteiger partial charge in [0.05, 0.1) is 6.42 Å². The third kappa shape index (κ3) is 1.30. The Morgan fingerprint density at radius 1 is 1.56 bits per heavy atom. The molecule has 1 aliphatic rings. The highest BCUT2D eigenvalue weighted by Gasteiger charge is 2.29. The van der Waals surface area contributed by atoms with Crippen molar-refractivity contribution < 1.29 is 9.59 Å². The number of hydrogen-bond donors (Lipinski definition) is 0. The summed E-state index contributed by atoms with van der Waals surface area (Å²) in [6, 6.07) is 0. The van der Waals surface area contributed by atoms with Crippen molar-refractivity contribution in [1.82, 2.24) is 0 Å². The Hall–Kier alpha value is -0.370. The Balaban J connectivity index is 2.58. The fourth-order valence-electron chi connectivity index (χ4n) is 0.940. The van der Waals surface area contributed by atoms with Crippen LogP contribution in [0.15, 0.2) is 0 Å². The molecule has 0 aromatic rings. The molecule has 0 aromatic carbocycles. The number of carbonyl (C=O) groups excluding carboxylic acids is 2. The van der Waals surface area contributed by atoms with Gasteiger partial charge in [-0.15, -0.1) is 11.6 Å². The van der Waals surface area contributed by atoms with Gasteiger partial charge in [0.2, 0.25) is 0 Å². The molecule has 3 heteroatoms. The van der Waals surface area contributed by atoms with Gasteiger partial charge in [0, 0.05) is 18.2 Å². The lowest BCUT2D eigenvalue weighted by Crippen LogP contribution is -2.06. The van der Waals surface area contributed by atoms with Crippen LogP contribution in [0.1, 0.15) is 12.8 Å². The van der Waals surface area contributed by atoms with E-state index in [-0.39, 0.29) is 23.9 Å². The maximum absolute atomic E-state index is 10.7. The topological polar surface area (TPSA) is 34.1 Å². The van der Waals surface area contributed by atoms with Crippen LogP contribution < -0.4 is 0 Å². The Bertz CT molecular complexity index is 153. The van der Waals surface area contributed by atoms with Gasteiger partial charge in [-0.1, -0.05) is 0 Å². The van der Waals surface area contributed by atoms with E-state index in [0.29, 0.717) is 12.3 Å². The second-order valence-electron chi connectivity index (χ2n) is 2.24. The van der Waals surface area contributed by atoms with E-state index in [1.165, 1.54) is 0 Å². The molecule has 0 amide bonds. The zero-order valence-electron chi connectivity index (χ0n) is 4.89. The van der Waals surface area contributed by atoms with E-state index in [9.17, 15) is 9.59 Å². The highest BCUT2D eigenvalue weighted by molar-refractivity contribution is 6.21. The molecule has 0 radical (unpaired) electrons. The van der Waals surface area contributed by atoms with Crippen LogP contribution in [0.25, 0.3) is 0 Å². The van der Waals surface area contributed by atoms with E-state index in [0.717, 1.165) is 0 Å². The molecule has 1 fully saturated rings. The number of Topliss-reactive ketones (excluding diaryl/α,β-unsaturated/α-hetero) is 2. The predicted octanol–water partition coefficient (Wildman–Crippen LogP) is 0.773. The van der Waals surface area contributed by atoms with Crippen molar-refractivity contribution in [2.75, 3.05) is 5.88 Å². The van der Waals surface area contributed by atoms with Gasteiger partial charge in [-0.05, 0) is 0 Å². The summed E-state index contributed by atoms with van der Waals surface area (Å²) < 4.78 is 0. The van der Waals surface area contributed by atoms with E-state index in [4.69, 9.17) is 11.6 Å². The second-order valence-corrected chi connectivity index (χ2v) is 2.55. The SMILES string of the molecule is O=C1CC(=O)C(CCl)C1. The van der Waals surface area contributed by atoms with Crippen molar-refractivity contribution in [2.24, 2.45) is 5.92 Å². The molecule has 9 heavy (non-hydrogen) atoms. The first-order valence-corrected chi connectivity index (χ1v) is 3.38. The van der Waals surface area contributed by atoms with Crippen LogP contribution in [0.5, 0.6) is 0 Å². The minimum atomic E-state index is -0.181. The highest BCUT2D eigenvalue weighted by atomic mass is 35.5. The Kier molecular flexibility index (Phi) is 1.86. The molecule has 2 nitrogen and oxygen atoms in total. The third-order valence-corrected chi connectivity index (χ3v) is 1.86. The van der Waals surface area contributed by atoms with Crippen molar-refractivity contribution in [3.63, 3.8) is 0 Å². The number of alkyl halides is 1. The van der Waals surface area contributed by atoms with Gasteiger partial charge in [0.1, 0.15) is 11.6 Å². The van der Waals surface area contributed by atoms with E-state index in [2.05, 4.69) is 0 Å². The molecule has 0 N–H and O–H groups in total. The minimum absolute atomic E-state index is 0.00926. The van der Waals surface area contributed by atoms with Gasteiger partial charge in [0.15, 0.2) is 0 Å². The molecule has 1 aliphatic carbocycles. The second kappa shape index (κ2) is 2.48. The fourth-order valence-corrected chi connectivity index (χ4v) is 1.22. The van der Waals surface area contributed by atoms with Crippen LogP contribution in [0, 0.1) is 5.92 Å². The normalized spacial score (nSPS) is 27.4. The molecule has 0 spiro atoms. The van der Waals surface area contributed by atoms with Crippen molar-refractivity contribution in [2.45, 2.75) is 12.8 Å². The van der Waals surface area contributed by atoms with Crippen molar-refractivity contribution >= 4 is 23.2 Å². The molecule has 0 saturated heterocycles. The van der Waals surface area contributed by atoms with E-state index in [1.54, 1.807) is 0 Å². The summed E-state index contributed by atoms with van der Waals surface area (Å²) in [4.78, 5) is 21.3. The van der Waals surface area contributed by atoms with Crippen molar-refractivity contribution in [1.29, 1.82) is 0 Å². The van der Waals surface area contributed by atoms with E-state index in [1.807, 2.05) is 0 Å². The molecule has 1 rings (SSSR count). The quantitative estimate of drug-likeness (QED) is 0.405. The lowest BCUT2D eigenvalue weighted by atomic mass is 10.1. The van der Waals surface area contributed by atoms with Crippen LogP contribution >= 0.6 is 11.6 Å². The first-order chi connectivity index (χ1) is 4.24. The summed E-state index contributed by atoms with van der Waals surface area (Å²) >= 11 is 5.39. The average molecular weight is 147 g/mol. The zero-order valence-corrected chi connectivity index (χ0v) is 5.65. The average Bonchev–Trinajstić information content (AvgIpc) is 2.10. The summed E-state index contributed by atoms with van der Waals surface area (Å²) in [5, 5.41) is 0. The summed E-state index contributed by atoms with van der Waals surface area (Å²) in [6.07, 6.45) is 0.472. The van der Waals surface area contributed by atoms with Crippen molar-refractivity contribution in [3.05, 3.63) is 0 Å². The molecule has 1 atom stereocenters. The smallest absolute Gasteiger partial charge is 0.144 e. The first-order valence-electron chi connectivity index (χ1n) is 2.84. The first kappa shape index (κ1) is 6.75. The van der Waals surface area contributed by atoms with Gasteiger partial charge < -0.3 is 0 Å². The van der Waals surface area contributed by atoms with E-state index >= 15 is 0 Å². The van der Waals surface area contributed by atoms with Crippen LogP contribution in [-0.2, 0) is 9.59 Å². The van der Waals surface area contributed by atoms with Crippen LogP contribution in [0.3, 0.4) is 0 Å². The van der Waals surface area contributed by atoms with Crippen molar-refractivity contribution in [3.8, 4) is 0 Å². The van der Waals surface area contributed by atoms with Gasteiger partial charge >= 0.3 is 0 Å². The minimum Gasteiger partial charge on any atom is -0.299 e. The number of hydrogen-bond acceptors (Lipinski definition) is 2. The molecular formula is C6H7ClO2. The lowest BCUT2D eigenvalue weighted by Gasteiger charge is -1.95.